The van der Waals surface area contributed by atoms with Crippen LogP contribution in [0.25, 0.3) is 0 Å². The standard InChI is InChI=1S/C19H21NO4/c1-3-23-12-13-24-18-10-6-16(7-11-18)19(22)20-17-8-4-15(5-9-17)14(2)21/h4-11H,3,12-13H2,1-2H3,(H,20,22). The molecule has 1 N–H and O–H groups in total. The van der Waals surface area contributed by atoms with E-state index in [9.17, 15) is 9.59 Å². The van der Waals surface area contributed by atoms with Crippen molar-refractivity contribution in [2.75, 3.05) is 25.1 Å². The topological polar surface area (TPSA) is 64.6 Å². The van der Waals surface area contributed by atoms with Gasteiger partial charge in [-0.3, -0.25) is 9.59 Å². The Morgan fingerprint density at radius 2 is 1.54 bits per heavy atom. The number of anilines is 1. The third-order valence-corrected chi connectivity index (χ3v) is 3.37. The molecule has 2 rings (SSSR count). The van der Waals surface area contributed by atoms with Crippen LogP contribution in [-0.4, -0.2) is 31.5 Å². The van der Waals surface area contributed by atoms with E-state index in [-0.39, 0.29) is 11.7 Å². The number of amides is 1. The Hall–Kier alpha value is -2.66. The maximum atomic E-state index is 12.2. The van der Waals surface area contributed by atoms with E-state index >= 15 is 0 Å². The first kappa shape index (κ1) is 17.7. The van der Waals surface area contributed by atoms with Gasteiger partial charge in [-0.05, 0) is 62.4 Å². The second-order valence-corrected chi connectivity index (χ2v) is 5.16. The summed E-state index contributed by atoms with van der Waals surface area (Å²) in [5.74, 6) is 0.469. The molecule has 5 nitrogen and oxygen atoms in total. The summed E-state index contributed by atoms with van der Waals surface area (Å²) in [6.45, 7) is 5.11. The summed E-state index contributed by atoms with van der Waals surface area (Å²) in [7, 11) is 0. The average Bonchev–Trinajstić information content (AvgIpc) is 2.59. The highest BCUT2D eigenvalue weighted by molar-refractivity contribution is 6.04. The SMILES string of the molecule is CCOCCOc1ccc(C(=O)Nc2ccc(C(C)=O)cc2)cc1. The van der Waals surface area contributed by atoms with Crippen molar-refractivity contribution in [1.82, 2.24) is 0 Å². The van der Waals surface area contributed by atoms with Crippen LogP contribution in [0.4, 0.5) is 5.69 Å². The second-order valence-electron chi connectivity index (χ2n) is 5.16. The number of benzene rings is 2. The van der Waals surface area contributed by atoms with Gasteiger partial charge in [0, 0.05) is 23.4 Å². The van der Waals surface area contributed by atoms with Gasteiger partial charge in [-0.25, -0.2) is 0 Å². The van der Waals surface area contributed by atoms with Gasteiger partial charge in [0.2, 0.25) is 0 Å². The second kappa shape index (κ2) is 8.84. The normalized spacial score (nSPS) is 10.2. The molecule has 0 atom stereocenters. The molecule has 0 unspecified atom stereocenters. The van der Waals surface area contributed by atoms with Crippen LogP contribution in [-0.2, 0) is 4.74 Å². The molecule has 0 saturated heterocycles. The molecule has 0 aromatic heterocycles. The lowest BCUT2D eigenvalue weighted by molar-refractivity contribution is 0.101. The molecule has 0 radical (unpaired) electrons. The van der Waals surface area contributed by atoms with E-state index < -0.39 is 0 Å². The molecule has 0 aliphatic rings. The molecule has 5 heteroatoms. The Morgan fingerprint density at radius 1 is 0.917 bits per heavy atom. The fourth-order valence-corrected chi connectivity index (χ4v) is 2.06. The number of carbonyl (C=O) groups excluding carboxylic acids is 2. The fraction of sp³-hybridized carbons (Fsp3) is 0.263. The van der Waals surface area contributed by atoms with Crippen LogP contribution >= 0.6 is 0 Å². The van der Waals surface area contributed by atoms with Gasteiger partial charge in [-0.2, -0.15) is 0 Å². The van der Waals surface area contributed by atoms with Crippen molar-refractivity contribution in [2.45, 2.75) is 13.8 Å². The first-order chi connectivity index (χ1) is 11.6. The number of ketones is 1. The van der Waals surface area contributed by atoms with Gasteiger partial charge < -0.3 is 14.8 Å². The van der Waals surface area contributed by atoms with Gasteiger partial charge >= 0.3 is 0 Å². The average molecular weight is 327 g/mol. The van der Waals surface area contributed by atoms with E-state index in [1.807, 2.05) is 6.92 Å². The highest BCUT2D eigenvalue weighted by Gasteiger charge is 2.07. The van der Waals surface area contributed by atoms with Crippen LogP contribution in [0.1, 0.15) is 34.6 Å². The lowest BCUT2D eigenvalue weighted by Gasteiger charge is -2.08. The maximum absolute atomic E-state index is 12.2. The Morgan fingerprint density at radius 3 is 2.12 bits per heavy atom. The zero-order valence-electron chi connectivity index (χ0n) is 13.9. The van der Waals surface area contributed by atoms with Crippen molar-refractivity contribution >= 4 is 17.4 Å². The number of hydrogen-bond donors (Lipinski definition) is 1. The number of ether oxygens (including phenoxy) is 2. The summed E-state index contributed by atoms with van der Waals surface area (Å²) in [6, 6.07) is 13.7. The molecular formula is C19H21NO4. The van der Waals surface area contributed by atoms with E-state index in [0.29, 0.717) is 42.4 Å². The zero-order valence-corrected chi connectivity index (χ0v) is 13.9. The molecule has 0 bridgehead atoms. The minimum Gasteiger partial charge on any atom is -0.491 e. The van der Waals surface area contributed by atoms with Crippen LogP contribution < -0.4 is 10.1 Å². The van der Waals surface area contributed by atoms with Gasteiger partial charge in [-0.1, -0.05) is 0 Å². The smallest absolute Gasteiger partial charge is 0.255 e. The van der Waals surface area contributed by atoms with Gasteiger partial charge in [0.25, 0.3) is 5.91 Å². The molecule has 2 aromatic rings. The third kappa shape index (κ3) is 5.21. The molecule has 0 heterocycles. The minimum absolute atomic E-state index is 0.00666. The van der Waals surface area contributed by atoms with E-state index in [1.54, 1.807) is 48.5 Å². The molecular weight excluding hydrogens is 306 g/mol. The largest absolute Gasteiger partial charge is 0.491 e. The maximum Gasteiger partial charge on any atom is 0.255 e. The van der Waals surface area contributed by atoms with Crippen LogP contribution in [0.3, 0.4) is 0 Å². The van der Waals surface area contributed by atoms with Crippen LogP contribution in [0.2, 0.25) is 0 Å². The lowest BCUT2D eigenvalue weighted by Crippen LogP contribution is -2.12. The third-order valence-electron chi connectivity index (χ3n) is 3.37. The number of carbonyl (C=O) groups is 2. The van der Waals surface area contributed by atoms with E-state index in [2.05, 4.69) is 5.32 Å². The lowest BCUT2D eigenvalue weighted by atomic mass is 10.1. The molecule has 0 fully saturated rings. The molecule has 24 heavy (non-hydrogen) atoms. The number of Topliss-reactive ketones (excluding diaryl/α,β-unsaturated/α-hetero) is 1. The van der Waals surface area contributed by atoms with Gasteiger partial charge in [0.05, 0.1) is 6.61 Å². The number of rotatable bonds is 8. The first-order valence-electron chi connectivity index (χ1n) is 7.83. The van der Waals surface area contributed by atoms with Crippen LogP contribution in [0.5, 0.6) is 5.75 Å². The first-order valence-corrected chi connectivity index (χ1v) is 7.83. The van der Waals surface area contributed by atoms with Gasteiger partial charge in [0.15, 0.2) is 5.78 Å². The Balaban J connectivity index is 1.91. The van der Waals surface area contributed by atoms with E-state index in [4.69, 9.17) is 9.47 Å². The van der Waals surface area contributed by atoms with Crippen LogP contribution in [0, 0.1) is 0 Å². The van der Waals surface area contributed by atoms with Gasteiger partial charge in [0.1, 0.15) is 12.4 Å². The fourth-order valence-electron chi connectivity index (χ4n) is 2.06. The Kier molecular flexibility index (Phi) is 6.51. The van der Waals surface area contributed by atoms with E-state index in [0.717, 1.165) is 0 Å². The molecule has 2 aromatic carbocycles. The summed E-state index contributed by atoms with van der Waals surface area (Å²) in [5.41, 5.74) is 1.78. The molecule has 0 aliphatic heterocycles. The highest BCUT2D eigenvalue weighted by atomic mass is 16.5. The molecule has 1 amide bonds. The van der Waals surface area contributed by atoms with Gasteiger partial charge in [-0.15, -0.1) is 0 Å². The van der Waals surface area contributed by atoms with Crippen molar-refractivity contribution in [3.05, 3.63) is 59.7 Å². The highest BCUT2D eigenvalue weighted by Crippen LogP contribution is 2.15. The van der Waals surface area contributed by atoms with Crippen molar-refractivity contribution in [1.29, 1.82) is 0 Å². The summed E-state index contributed by atoms with van der Waals surface area (Å²) in [5, 5.41) is 2.79. The van der Waals surface area contributed by atoms with E-state index in [1.165, 1.54) is 6.92 Å². The van der Waals surface area contributed by atoms with Crippen molar-refractivity contribution in [3.63, 3.8) is 0 Å². The van der Waals surface area contributed by atoms with Crippen molar-refractivity contribution in [3.8, 4) is 5.75 Å². The number of nitrogens with one attached hydrogen (secondary N) is 1. The molecule has 126 valence electrons. The Labute approximate surface area is 141 Å². The zero-order chi connectivity index (χ0) is 17.4. The Bertz CT molecular complexity index is 678. The predicted molar refractivity (Wildman–Crippen MR) is 92.8 cm³/mol. The summed E-state index contributed by atoms with van der Waals surface area (Å²) >= 11 is 0. The van der Waals surface area contributed by atoms with Crippen LogP contribution in [0.15, 0.2) is 48.5 Å². The van der Waals surface area contributed by atoms with Crippen molar-refractivity contribution in [2.24, 2.45) is 0 Å². The summed E-state index contributed by atoms with van der Waals surface area (Å²) in [6.07, 6.45) is 0. The molecule has 0 saturated carbocycles. The number of hydrogen-bond acceptors (Lipinski definition) is 4. The minimum atomic E-state index is -0.216. The summed E-state index contributed by atoms with van der Waals surface area (Å²) < 4.78 is 10.7. The predicted octanol–water partition coefficient (Wildman–Crippen LogP) is 3.56. The molecule has 0 aliphatic carbocycles. The quantitative estimate of drug-likeness (QED) is 0.595. The summed E-state index contributed by atoms with van der Waals surface area (Å²) in [4.78, 5) is 23.4. The monoisotopic (exact) mass is 327 g/mol. The molecule has 0 spiro atoms. The van der Waals surface area contributed by atoms with Crippen molar-refractivity contribution < 1.29 is 19.1 Å².